The number of sulfonamides is 1. The number of carbonyl (C=O) groups excluding carboxylic acids is 1. The van der Waals surface area contributed by atoms with E-state index in [0.717, 1.165) is 11.1 Å². The van der Waals surface area contributed by atoms with Crippen LogP contribution in [0.2, 0.25) is 0 Å². The Morgan fingerprint density at radius 3 is 2.57 bits per heavy atom. The first kappa shape index (κ1) is 15.5. The van der Waals surface area contributed by atoms with Gasteiger partial charge in [0, 0.05) is 5.69 Å². The summed E-state index contributed by atoms with van der Waals surface area (Å²) in [5, 5.41) is 5.62. The molecule has 1 aliphatic rings. The smallest absolute Gasteiger partial charge is 0.262 e. The molecule has 1 aliphatic heterocycles. The fourth-order valence-corrected chi connectivity index (χ4v) is 3.65. The third kappa shape index (κ3) is 3.06. The van der Waals surface area contributed by atoms with Crippen molar-refractivity contribution in [3.8, 4) is 0 Å². The van der Waals surface area contributed by atoms with Crippen molar-refractivity contribution in [3.63, 3.8) is 0 Å². The van der Waals surface area contributed by atoms with Gasteiger partial charge in [-0.15, -0.1) is 0 Å². The van der Waals surface area contributed by atoms with Crippen LogP contribution in [-0.4, -0.2) is 20.5 Å². The van der Waals surface area contributed by atoms with Crippen LogP contribution in [0.3, 0.4) is 0 Å². The van der Waals surface area contributed by atoms with Gasteiger partial charge in [0.05, 0.1) is 5.69 Å². The Hall–Kier alpha value is -2.38. The molecule has 3 N–H and O–H groups in total. The molecule has 2 aromatic carbocycles. The highest BCUT2D eigenvalue weighted by atomic mass is 32.2. The number of fused-ring (bicyclic) bond motifs is 1. The number of para-hydroxylation sites is 1. The zero-order valence-corrected chi connectivity index (χ0v) is 13.6. The van der Waals surface area contributed by atoms with Crippen molar-refractivity contribution in [1.82, 2.24) is 4.72 Å². The second-order valence-corrected chi connectivity index (χ2v) is 7.17. The van der Waals surface area contributed by atoms with Crippen molar-refractivity contribution in [2.24, 2.45) is 0 Å². The summed E-state index contributed by atoms with van der Waals surface area (Å²) in [5.41, 5.74) is 3.20. The maximum absolute atomic E-state index is 12.4. The monoisotopic (exact) mass is 331 g/mol. The van der Waals surface area contributed by atoms with Crippen LogP contribution in [0.25, 0.3) is 0 Å². The summed E-state index contributed by atoms with van der Waals surface area (Å²) in [7, 11) is -3.72. The van der Waals surface area contributed by atoms with Crippen molar-refractivity contribution in [2.45, 2.75) is 24.9 Å². The van der Waals surface area contributed by atoms with Crippen LogP contribution in [-0.2, 0) is 14.8 Å². The summed E-state index contributed by atoms with van der Waals surface area (Å²) in [6, 6.07) is 12.0. The Labute approximate surface area is 135 Å². The second-order valence-electron chi connectivity index (χ2n) is 5.48. The van der Waals surface area contributed by atoms with Gasteiger partial charge in [0.1, 0.15) is 4.90 Å². The number of amides is 1. The SMILES string of the molecule is Cc1ccc(NC(=O)[C@@H]2Nc3ccccc3S(=O)(=O)N2)cc1C. The van der Waals surface area contributed by atoms with Crippen LogP contribution >= 0.6 is 0 Å². The van der Waals surface area contributed by atoms with Crippen LogP contribution in [0.1, 0.15) is 11.1 Å². The molecule has 2 aromatic rings. The first-order chi connectivity index (χ1) is 10.9. The van der Waals surface area contributed by atoms with Crippen LogP contribution in [0.5, 0.6) is 0 Å². The topological polar surface area (TPSA) is 87.3 Å². The van der Waals surface area contributed by atoms with Crippen LogP contribution in [0.15, 0.2) is 47.4 Å². The molecule has 3 rings (SSSR count). The van der Waals surface area contributed by atoms with Crippen LogP contribution in [0, 0.1) is 13.8 Å². The van der Waals surface area contributed by atoms with E-state index in [1.54, 1.807) is 24.3 Å². The van der Waals surface area contributed by atoms with Gasteiger partial charge in [-0.2, -0.15) is 4.72 Å². The highest BCUT2D eigenvalue weighted by molar-refractivity contribution is 7.89. The number of anilines is 2. The Morgan fingerprint density at radius 1 is 1.09 bits per heavy atom. The lowest BCUT2D eigenvalue weighted by molar-refractivity contribution is -0.117. The van der Waals surface area contributed by atoms with Gasteiger partial charge in [-0.3, -0.25) is 4.79 Å². The first-order valence-corrected chi connectivity index (χ1v) is 8.61. The lowest BCUT2D eigenvalue weighted by atomic mass is 10.1. The molecule has 7 heteroatoms. The third-order valence-electron chi connectivity index (χ3n) is 3.79. The van der Waals surface area contributed by atoms with Crippen molar-refractivity contribution in [1.29, 1.82) is 0 Å². The largest absolute Gasteiger partial charge is 0.360 e. The van der Waals surface area contributed by atoms with Gasteiger partial charge in [0.2, 0.25) is 10.0 Å². The molecule has 0 saturated heterocycles. The van der Waals surface area contributed by atoms with E-state index in [2.05, 4.69) is 15.4 Å². The fourth-order valence-electron chi connectivity index (χ4n) is 2.38. The Balaban J connectivity index is 1.83. The lowest BCUT2D eigenvalue weighted by Gasteiger charge is -2.27. The van der Waals surface area contributed by atoms with E-state index in [0.29, 0.717) is 11.4 Å². The minimum absolute atomic E-state index is 0.134. The van der Waals surface area contributed by atoms with Gasteiger partial charge in [0.25, 0.3) is 5.91 Å². The number of nitrogens with one attached hydrogen (secondary N) is 3. The van der Waals surface area contributed by atoms with Crippen LogP contribution in [0.4, 0.5) is 11.4 Å². The maximum Gasteiger partial charge on any atom is 0.262 e. The molecule has 0 radical (unpaired) electrons. The lowest BCUT2D eigenvalue weighted by Crippen LogP contribution is -2.51. The minimum Gasteiger partial charge on any atom is -0.360 e. The van der Waals surface area contributed by atoms with Gasteiger partial charge in [-0.1, -0.05) is 18.2 Å². The molecular formula is C16H17N3O3S. The quantitative estimate of drug-likeness (QED) is 0.785. The fraction of sp³-hybridized carbons (Fsp3) is 0.188. The molecule has 0 aliphatic carbocycles. The molecule has 0 fully saturated rings. The molecule has 1 atom stereocenters. The zero-order valence-electron chi connectivity index (χ0n) is 12.8. The predicted octanol–water partition coefficient (Wildman–Crippen LogP) is 1.97. The van der Waals surface area contributed by atoms with E-state index < -0.39 is 22.1 Å². The number of hydrogen-bond acceptors (Lipinski definition) is 4. The van der Waals surface area contributed by atoms with Gasteiger partial charge in [-0.05, 0) is 49.2 Å². The Kier molecular flexibility index (Phi) is 3.83. The number of rotatable bonds is 2. The number of benzene rings is 2. The summed E-state index contributed by atoms with van der Waals surface area (Å²) >= 11 is 0. The van der Waals surface area contributed by atoms with E-state index in [4.69, 9.17) is 0 Å². The van der Waals surface area contributed by atoms with E-state index in [9.17, 15) is 13.2 Å². The summed E-state index contributed by atoms with van der Waals surface area (Å²) < 4.78 is 26.8. The molecular weight excluding hydrogens is 314 g/mol. The molecule has 1 amide bonds. The van der Waals surface area contributed by atoms with Crippen molar-refractivity contribution in [3.05, 3.63) is 53.6 Å². The molecule has 0 aromatic heterocycles. The second kappa shape index (κ2) is 5.68. The standard InChI is InChI=1S/C16H17N3O3S/c1-10-7-8-12(9-11(10)2)17-16(20)15-18-13-5-3-4-6-14(13)23(21,22)19-15/h3-9,15,18-19H,1-2H3,(H,17,20)/t15-/m1/s1. The number of carbonyl (C=O) groups is 1. The highest BCUT2D eigenvalue weighted by Crippen LogP contribution is 2.25. The summed E-state index contributed by atoms with van der Waals surface area (Å²) in [6.45, 7) is 3.93. The molecule has 0 bridgehead atoms. The van der Waals surface area contributed by atoms with Crippen molar-refractivity contribution in [2.75, 3.05) is 10.6 Å². The van der Waals surface area contributed by atoms with Gasteiger partial charge in [-0.25, -0.2) is 8.42 Å². The summed E-state index contributed by atoms with van der Waals surface area (Å²) in [5.74, 6) is -0.466. The Bertz CT molecular complexity index is 878. The highest BCUT2D eigenvalue weighted by Gasteiger charge is 2.32. The number of hydrogen-bond donors (Lipinski definition) is 3. The van der Waals surface area contributed by atoms with Crippen molar-refractivity contribution >= 4 is 27.3 Å². The van der Waals surface area contributed by atoms with Gasteiger partial charge < -0.3 is 10.6 Å². The molecule has 0 saturated carbocycles. The normalized spacial score (nSPS) is 18.6. The van der Waals surface area contributed by atoms with Crippen LogP contribution < -0.4 is 15.4 Å². The maximum atomic E-state index is 12.4. The van der Waals surface area contributed by atoms with E-state index in [1.807, 2.05) is 26.0 Å². The van der Waals surface area contributed by atoms with Crippen molar-refractivity contribution < 1.29 is 13.2 Å². The van der Waals surface area contributed by atoms with Gasteiger partial charge in [0.15, 0.2) is 6.17 Å². The van der Waals surface area contributed by atoms with E-state index >= 15 is 0 Å². The summed E-state index contributed by atoms with van der Waals surface area (Å²) in [4.78, 5) is 12.5. The Morgan fingerprint density at radius 2 is 1.83 bits per heavy atom. The molecule has 23 heavy (non-hydrogen) atoms. The van der Waals surface area contributed by atoms with Gasteiger partial charge >= 0.3 is 0 Å². The molecule has 120 valence electrons. The zero-order chi connectivity index (χ0) is 16.6. The minimum atomic E-state index is -3.72. The van der Waals surface area contributed by atoms with E-state index in [1.165, 1.54) is 6.07 Å². The first-order valence-electron chi connectivity index (χ1n) is 7.13. The molecule has 0 spiro atoms. The molecule has 0 unspecified atom stereocenters. The number of aryl methyl sites for hydroxylation is 2. The summed E-state index contributed by atoms with van der Waals surface area (Å²) in [6.07, 6.45) is -1.06. The predicted molar refractivity (Wildman–Crippen MR) is 88.7 cm³/mol. The average molecular weight is 331 g/mol. The van der Waals surface area contributed by atoms with E-state index in [-0.39, 0.29) is 4.90 Å². The third-order valence-corrected chi connectivity index (χ3v) is 5.27. The molecule has 6 nitrogen and oxygen atoms in total. The molecule has 1 heterocycles. The average Bonchev–Trinajstić information content (AvgIpc) is 2.50.